The molecule has 1 aromatic rings. The smallest absolute Gasteiger partial charge is 0.404 e. The number of rotatable bonds is 8. The average Bonchev–Trinajstić information content (AvgIpc) is 2.46. The molecule has 124 valence electrons. The van der Waals surface area contributed by atoms with E-state index in [1.807, 2.05) is 0 Å². The average molecular weight is 319 g/mol. The van der Waals surface area contributed by atoms with Crippen molar-refractivity contribution in [2.45, 2.75) is 31.6 Å². The third-order valence-corrected chi connectivity index (χ3v) is 3.01. The zero-order valence-corrected chi connectivity index (χ0v) is 12.5. The van der Waals surface area contributed by atoms with Crippen LogP contribution in [0.25, 0.3) is 0 Å². The van der Waals surface area contributed by atoms with Gasteiger partial charge >= 0.3 is 12.1 Å². The van der Waals surface area contributed by atoms with Crippen molar-refractivity contribution >= 4 is 5.97 Å². The van der Waals surface area contributed by atoms with Gasteiger partial charge < -0.3 is 9.47 Å². The number of hydrogen-bond acceptors (Lipinski definition) is 4. The van der Waals surface area contributed by atoms with Crippen molar-refractivity contribution in [3.05, 3.63) is 35.9 Å². The molecule has 22 heavy (non-hydrogen) atoms. The Morgan fingerprint density at radius 3 is 2.41 bits per heavy atom. The number of alkyl halides is 3. The lowest BCUT2D eigenvalue weighted by atomic mass is 10.1. The monoisotopic (exact) mass is 319 g/mol. The minimum Gasteiger partial charge on any atom is -0.466 e. The minimum atomic E-state index is -4.56. The minimum absolute atomic E-state index is 0.0452. The molecule has 0 heterocycles. The maximum Gasteiger partial charge on any atom is 0.404 e. The quantitative estimate of drug-likeness (QED) is 0.749. The molecule has 0 fully saturated rings. The Bertz CT molecular complexity index is 451. The third-order valence-electron chi connectivity index (χ3n) is 3.01. The van der Waals surface area contributed by atoms with Gasteiger partial charge in [-0.3, -0.25) is 10.1 Å². The Labute approximate surface area is 127 Å². The van der Waals surface area contributed by atoms with Crippen LogP contribution in [0.4, 0.5) is 13.2 Å². The van der Waals surface area contributed by atoms with Crippen molar-refractivity contribution in [2.75, 3.05) is 20.3 Å². The molecular weight excluding hydrogens is 299 g/mol. The Hall–Kier alpha value is -1.60. The SMILES string of the molecule is CCOC(=O)C[C@H](N[C@@H](COC)c1ccccc1)C(F)(F)F. The van der Waals surface area contributed by atoms with Crippen molar-refractivity contribution in [1.82, 2.24) is 5.32 Å². The summed E-state index contributed by atoms with van der Waals surface area (Å²) in [5.74, 6) is -0.887. The van der Waals surface area contributed by atoms with Gasteiger partial charge in [-0.25, -0.2) is 0 Å². The Morgan fingerprint density at radius 1 is 1.27 bits per heavy atom. The van der Waals surface area contributed by atoms with Crippen molar-refractivity contribution in [3.8, 4) is 0 Å². The van der Waals surface area contributed by atoms with Crippen LogP contribution in [0.15, 0.2) is 30.3 Å². The number of ether oxygens (including phenoxy) is 2. The fraction of sp³-hybridized carbons (Fsp3) is 0.533. The summed E-state index contributed by atoms with van der Waals surface area (Å²) in [7, 11) is 1.41. The predicted octanol–water partition coefficient (Wildman–Crippen LogP) is 2.85. The Morgan fingerprint density at radius 2 is 1.91 bits per heavy atom. The molecule has 4 nitrogen and oxygen atoms in total. The normalized spacial score (nSPS) is 14.4. The van der Waals surface area contributed by atoms with E-state index in [0.29, 0.717) is 5.56 Å². The predicted molar refractivity (Wildman–Crippen MR) is 75.3 cm³/mol. The molecular formula is C15H20F3NO3. The highest BCUT2D eigenvalue weighted by Gasteiger charge is 2.42. The van der Waals surface area contributed by atoms with Gasteiger partial charge in [0.15, 0.2) is 0 Å². The summed E-state index contributed by atoms with van der Waals surface area (Å²) >= 11 is 0. The van der Waals surface area contributed by atoms with Crippen LogP contribution in [0.1, 0.15) is 24.9 Å². The van der Waals surface area contributed by atoms with E-state index in [1.165, 1.54) is 7.11 Å². The topological polar surface area (TPSA) is 47.6 Å². The number of hydrogen-bond donors (Lipinski definition) is 1. The van der Waals surface area contributed by atoms with Gasteiger partial charge in [-0.05, 0) is 12.5 Å². The van der Waals surface area contributed by atoms with Gasteiger partial charge in [0.2, 0.25) is 0 Å². The number of nitrogens with one attached hydrogen (secondary N) is 1. The first-order valence-corrected chi connectivity index (χ1v) is 6.90. The lowest BCUT2D eigenvalue weighted by Crippen LogP contribution is -2.46. The zero-order chi connectivity index (χ0) is 16.6. The van der Waals surface area contributed by atoms with E-state index < -0.39 is 30.7 Å². The second-order valence-electron chi connectivity index (χ2n) is 4.69. The Balaban J connectivity index is 2.86. The number of benzene rings is 1. The van der Waals surface area contributed by atoms with E-state index in [1.54, 1.807) is 37.3 Å². The van der Waals surface area contributed by atoms with E-state index in [9.17, 15) is 18.0 Å². The van der Waals surface area contributed by atoms with Crippen molar-refractivity contribution in [1.29, 1.82) is 0 Å². The van der Waals surface area contributed by atoms with Gasteiger partial charge in [-0.15, -0.1) is 0 Å². The molecule has 2 atom stereocenters. The van der Waals surface area contributed by atoms with E-state index in [0.717, 1.165) is 0 Å². The fourth-order valence-electron chi connectivity index (χ4n) is 1.99. The maximum atomic E-state index is 13.1. The zero-order valence-electron chi connectivity index (χ0n) is 12.5. The first-order chi connectivity index (χ1) is 10.4. The van der Waals surface area contributed by atoms with E-state index in [-0.39, 0.29) is 13.2 Å². The van der Waals surface area contributed by atoms with Gasteiger partial charge in [0, 0.05) is 7.11 Å². The summed E-state index contributed by atoms with van der Waals surface area (Å²) in [5.41, 5.74) is 0.655. The molecule has 0 aliphatic carbocycles. The van der Waals surface area contributed by atoms with Crippen molar-refractivity contribution < 1.29 is 27.4 Å². The van der Waals surface area contributed by atoms with Gasteiger partial charge in [0.1, 0.15) is 6.04 Å². The van der Waals surface area contributed by atoms with E-state index >= 15 is 0 Å². The first kappa shape index (κ1) is 18.4. The second-order valence-corrected chi connectivity index (χ2v) is 4.69. The van der Waals surface area contributed by atoms with Crippen LogP contribution in [0.2, 0.25) is 0 Å². The molecule has 0 unspecified atom stereocenters. The molecule has 0 spiro atoms. The molecule has 1 rings (SSSR count). The van der Waals surface area contributed by atoms with Crippen molar-refractivity contribution in [3.63, 3.8) is 0 Å². The second kappa shape index (κ2) is 8.75. The van der Waals surface area contributed by atoms with Crippen LogP contribution in [0.3, 0.4) is 0 Å². The maximum absolute atomic E-state index is 13.1. The molecule has 0 amide bonds. The molecule has 0 saturated heterocycles. The summed E-state index contributed by atoms with van der Waals surface area (Å²) in [6, 6.07) is 5.97. The van der Waals surface area contributed by atoms with Gasteiger partial charge in [0.25, 0.3) is 0 Å². The standard InChI is InChI=1S/C15H20F3NO3/c1-3-22-14(20)9-13(15(16,17)18)19-12(10-21-2)11-7-5-4-6-8-11/h4-8,12-13,19H,3,9-10H2,1-2H3/t12-,13-/m0/s1. The summed E-state index contributed by atoms with van der Waals surface area (Å²) in [6.07, 6.45) is -5.34. The highest BCUT2D eigenvalue weighted by molar-refractivity contribution is 5.70. The number of carbonyl (C=O) groups is 1. The number of methoxy groups -OCH3 is 1. The van der Waals surface area contributed by atoms with Crippen LogP contribution in [-0.2, 0) is 14.3 Å². The number of halogens is 3. The van der Waals surface area contributed by atoms with Crippen LogP contribution in [-0.4, -0.2) is 38.5 Å². The molecule has 1 aromatic carbocycles. The molecule has 0 aliphatic heterocycles. The van der Waals surface area contributed by atoms with Gasteiger partial charge in [0.05, 0.1) is 25.7 Å². The van der Waals surface area contributed by atoms with Crippen LogP contribution < -0.4 is 5.32 Å². The lowest BCUT2D eigenvalue weighted by Gasteiger charge is -2.27. The largest absolute Gasteiger partial charge is 0.466 e. The first-order valence-electron chi connectivity index (χ1n) is 6.90. The molecule has 7 heteroatoms. The van der Waals surface area contributed by atoms with E-state index in [2.05, 4.69) is 10.1 Å². The van der Waals surface area contributed by atoms with Gasteiger partial charge in [-0.1, -0.05) is 30.3 Å². The third kappa shape index (κ3) is 6.03. The number of carbonyl (C=O) groups excluding carboxylic acids is 1. The highest BCUT2D eigenvalue weighted by Crippen LogP contribution is 2.26. The van der Waals surface area contributed by atoms with Crippen LogP contribution in [0, 0.1) is 0 Å². The van der Waals surface area contributed by atoms with E-state index in [4.69, 9.17) is 4.74 Å². The molecule has 0 saturated carbocycles. The molecule has 0 aliphatic rings. The van der Waals surface area contributed by atoms with Crippen LogP contribution >= 0.6 is 0 Å². The number of esters is 1. The molecule has 0 bridgehead atoms. The fourth-order valence-corrected chi connectivity index (χ4v) is 1.99. The lowest BCUT2D eigenvalue weighted by molar-refractivity contribution is -0.171. The highest BCUT2D eigenvalue weighted by atomic mass is 19.4. The summed E-state index contributed by atoms with van der Waals surface area (Å²) < 4.78 is 49.0. The molecule has 1 N–H and O–H groups in total. The molecule has 0 radical (unpaired) electrons. The van der Waals surface area contributed by atoms with Crippen molar-refractivity contribution in [2.24, 2.45) is 0 Å². The molecule has 0 aromatic heterocycles. The van der Waals surface area contributed by atoms with Crippen LogP contribution in [0.5, 0.6) is 0 Å². The van der Waals surface area contributed by atoms with Gasteiger partial charge in [-0.2, -0.15) is 13.2 Å². The Kier molecular flexibility index (Phi) is 7.34. The summed E-state index contributed by atoms with van der Waals surface area (Å²) in [5, 5.41) is 2.45. The summed E-state index contributed by atoms with van der Waals surface area (Å²) in [4.78, 5) is 11.4. The summed E-state index contributed by atoms with van der Waals surface area (Å²) in [6.45, 7) is 1.65.